The highest BCUT2D eigenvalue weighted by atomic mass is 19.1. The van der Waals surface area contributed by atoms with Crippen LogP contribution in [0.25, 0.3) is 0 Å². The second kappa shape index (κ2) is 8.31. The van der Waals surface area contributed by atoms with E-state index in [9.17, 15) is 4.39 Å². The average Bonchev–Trinajstić information content (AvgIpc) is 2.61. The van der Waals surface area contributed by atoms with Crippen LogP contribution in [-0.4, -0.2) is 0 Å². The third-order valence-electron chi connectivity index (χ3n) is 6.62. The summed E-state index contributed by atoms with van der Waals surface area (Å²) in [6, 6.07) is 7.30. The van der Waals surface area contributed by atoms with Gasteiger partial charge in [-0.25, -0.2) is 4.39 Å². The summed E-state index contributed by atoms with van der Waals surface area (Å²) in [7, 11) is 0. The first kappa shape index (κ1) is 17.0. The van der Waals surface area contributed by atoms with Gasteiger partial charge in [0.15, 0.2) is 0 Å². The van der Waals surface area contributed by atoms with Gasteiger partial charge in [0, 0.05) is 0 Å². The fourth-order valence-electron chi connectivity index (χ4n) is 5.13. The van der Waals surface area contributed by atoms with Gasteiger partial charge in [-0.15, -0.1) is 0 Å². The number of halogens is 1. The van der Waals surface area contributed by atoms with Crippen molar-refractivity contribution in [3.05, 3.63) is 35.6 Å². The smallest absolute Gasteiger partial charge is 0.123 e. The van der Waals surface area contributed by atoms with E-state index in [4.69, 9.17) is 0 Å². The first-order chi connectivity index (χ1) is 11.3. The molecule has 0 radical (unpaired) electrons. The molecule has 0 atom stereocenters. The van der Waals surface area contributed by atoms with E-state index in [2.05, 4.69) is 13.0 Å². The fraction of sp³-hybridized carbons (Fsp3) is 0.727. The Morgan fingerprint density at radius 2 is 1.57 bits per heavy atom. The first-order valence-electron chi connectivity index (χ1n) is 10.0. The Morgan fingerprint density at radius 3 is 2.17 bits per heavy atom. The Kier molecular flexibility index (Phi) is 6.14. The highest BCUT2D eigenvalue weighted by molar-refractivity contribution is 5.21. The van der Waals surface area contributed by atoms with E-state index in [0.29, 0.717) is 5.92 Å². The molecule has 128 valence electrons. The van der Waals surface area contributed by atoms with E-state index in [0.717, 1.165) is 17.8 Å². The molecule has 2 saturated carbocycles. The minimum Gasteiger partial charge on any atom is -0.207 e. The lowest BCUT2D eigenvalue weighted by atomic mass is 9.68. The molecule has 2 fully saturated rings. The highest BCUT2D eigenvalue weighted by Crippen LogP contribution is 2.44. The van der Waals surface area contributed by atoms with Crippen molar-refractivity contribution in [3.63, 3.8) is 0 Å². The molecule has 1 aromatic rings. The molecule has 2 aliphatic carbocycles. The lowest BCUT2D eigenvalue weighted by Crippen LogP contribution is -2.25. The number of hydrogen-bond acceptors (Lipinski definition) is 0. The lowest BCUT2D eigenvalue weighted by molar-refractivity contribution is 0.156. The van der Waals surface area contributed by atoms with Crippen LogP contribution in [0.3, 0.4) is 0 Å². The monoisotopic (exact) mass is 316 g/mol. The standard InChI is InChI=1S/C22H33F/c1-2-3-5-17-8-10-18(11-9-17)19-12-14-20(15-13-19)21-6-4-7-22(23)16-21/h4,6-7,16-20H,2-3,5,8-15H2,1H3/t17-,18-,19?,20?. The van der Waals surface area contributed by atoms with Gasteiger partial charge in [-0.3, -0.25) is 0 Å². The van der Waals surface area contributed by atoms with Crippen molar-refractivity contribution in [1.82, 2.24) is 0 Å². The predicted octanol–water partition coefficient (Wildman–Crippen LogP) is 7.10. The van der Waals surface area contributed by atoms with Crippen LogP contribution >= 0.6 is 0 Å². The zero-order chi connectivity index (χ0) is 16.1. The maximum absolute atomic E-state index is 13.4. The van der Waals surface area contributed by atoms with Crippen LogP contribution in [0, 0.1) is 23.6 Å². The molecule has 0 heterocycles. The van der Waals surface area contributed by atoms with Crippen LogP contribution < -0.4 is 0 Å². The summed E-state index contributed by atoms with van der Waals surface area (Å²) in [5.74, 6) is 3.49. The summed E-state index contributed by atoms with van der Waals surface area (Å²) in [6.07, 6.45) is 15.4. The van der Waals surface area contributed by atoms with Gasteiger partial charge in [0.1, 0.15) is 5.82 Å². The topological polar surface area (TPSA) is 0 Å². The summed E-state index contributed by atoms with van der Waals surface area (Å²) in [5.41, 5.74) is 1.23. The van der Waals surface area contributed by atoms with Crippen molar-refractivity contribution in [1.29, 1.82) is 0 Å². The molecule has 0 saturated heterocycles. The molecule has 0 spiro atoms. The maximum atomic E-state index is 13.4. The fourth-order valence-corrected chi connectivity index (χ4v) is 5.13. The molecule has 3 rings (SSSR count). The molecule has 0 bridgehead atoms. The quantitative estimate of drug-likeness (QED) is 0.543. The SMILES string of the molecule is CCCC[C@H]1CC[C@H](C2CCC(c3cccc(F)c3)CC2)CC1. The van der Waals surface area contributed by atoms with E-state index in [1.807, 2.05) is 6.07 Å². The number of hydrogen-bond donors (Lipinski definition) is 0. The van der Waals surface area contributed by atoms with Crippen molar-refractivity contribution >= 4 is 0 Å². The Hall–Kier alpha value is -0.850. The summed E-state index contributed by atoms with van der Waals surface area (Å²) in [5, 5.41) is 0. The van der Waals surface area contributed by atoms with Gasteiger partial charge in [0.2, 0.25) is 0 Å². The van der Waals surface area contributed by atoms with Gasteiger partial charge in [-0.05, 0) is 79.9 Å². The van der Waals surface area contributed by atoms with E-state index in [1.165, 1.54) is 76.2 Å². The molecular formula is C22H33F. The molecule has 0 nitrogen and oxygen atoms in total. The van der Waals surface area contributed by atoms with Gasteiger partial charge in [0.05, 0.1) is 0 Å². The third-order valence-corrected chi connectivity index (χ3v) is 6.62. The maximum Gasteiger partial charge on any atom is 0.123 e. The lowest BCUT2D eigenvalue weighted by Gasteiger charge is -2.38. The minimum absolute atomic E-state index is 0.0741. The number of unbranched alkanes of at least 4 members (excludes halogenated alkanes) is 1. The molecule has 2 aliphatic rings. The minimum atomic E-state index is -0.0741. The second-order valence-electron chi connectivity index (χ2n) is 8.09. The molecule has 0 N–H and O–H groups in total. The summed E-state index contributed by atoms with van der Waals surface area (Å²) < 4.78 is 13.4. The van der Waals surface area contributed by atoms with Crippen molar-refractivity contribution in [3.8, 4) is 0 Å². The van der Waals surface area contributed by atoms with Gasteiger partial charge in [-0.2, -0.15) is 0 Å². The zero-order valence-electron chi connectivity index (χ0n) is 14.8. The molecule has 0 aliphatic heterocycles. The summed E-state index contributed by atoms with van der Waals surface area (Å²) >= 11 is 0. The van der Waals surface area contributed by atoms with Crippen LogP contribution in [0.1, 0.15) is 89.0 Å². The van der Waals surface area contributed by atoms with E-state index >= 15 is 0 Å². The molecule has 23 heavy (non-hydrogen) atoms. The largest absolute Gasteiger partial charge is 0.207 e. The van der Waals surface area contributed by atoms with Crippen molar-refractivity contribution in [2.45, 2.75) is 83.5 Å². The van der Waals surface area contributed by atoms with Crippen molar-refractivity contribution in [2.24, 2.45) is 17.8 Å². The Bertz CT molecular complexity index is 465. The molecule has 0 aromatic heterocycles. The number of benzene rings is 1. The Balaban J connectivity index is 1.45. The van der Waals surface area contributed by atoms with Crippen LogP contribution in [0.5, 0.6) is 0 Å². The third kappa shape index (κ3) is 4.58. The van der Waals surface area contributed by atoms with Gasteiger partial charge in [0.25, 0.3) is 0 Å². The summed E-state index contributed by atoms with van der Waals surface area (Å²) in [6.45, 7) is 2.31. The van der Waals surface area contributed by atoms with Crippen LogP contribution in [-0.2, 0) is 0 Å². The van der Waals surface area contributed by atoms with Gasteiger partial charge < -0.3 is 0 Å². The first-order valence-corrected chi connectivity index (χ1v) is 10.0. The average molecular weight is 317 g/mol. The molecule has 0 unspecified atom stereocenters. The Labute approximate surface area is 141 Å². The van der Waals surface area contributed by atoms with Gasteiger partial charge in [-0.1, -0.05) is 51.2 Å². The normalized spacial score (nSPS) is 31.9. The highest BCUT2D eigenvalue weighted by Gasteiger charge is 2.31. The number of rotatable bonds is 5. The van der Waals surface area contributed by atoms with Crippen LogP contribution in [0.15, 0.2) is 24.3 Å². The molecular weight excluding hydrogens is 283 g/mol. The van der Waals surface area contributed by atoms with Crippen LogP contribution in [0.4, 0.5) is 4.39 Å². The van der Waals surface area contributed by atoms with E-state index in [-0.39, 0.29) is 5.82 Å². The molecule has 1 heteroatoms. The van der Waals surface area contributed by atoms with Crippen molar-refractivity contribution in [2.75, 3.05) is 0 Å². The van der Waals surface area contributed by atoms with E-state index in [1.54, 1.807) is 12.1 Å². The summed E-state index contributed by atoms with van der Waals surface area (Å²) in [4.78, 5) is 0. The van der Waals surface area contributed by atoms with Crippen LogP contribution in [0.2, 0.25) is 0 Å². The predicted molar refractivity (Wildman–Crippen MR) is 96.1 cm³/mol. The van der Waals surface area contributed by atoms with Crippen molar-refractivity contribution < 1.29 is 4.39 Å². The van der Waals surface area contributed by atoms with Gasteiger partial charge >= 0.3 is 0 Å². The Morgan fingerprint density at radius 1 is 0.913 bits per heavy atom. The zero-order valence-corrected chi connectivity index (χ0v) is 14.8. The molecule has 0 amide bonds. The molecule has 1 aromatic carbocycles. The second-order valence-corrected chi connectivity index (χ2v) is 8.09. The van der Waals surface area contributed by atoms with E-state index < -0.39 is 0 Å².